The zero-order valence-electron chi connectivity index (χ0n) is 23.1. The summed E-state index contributed by atoms with van der Waals surface area (Å²) >= 11 is 0. The third-order valence-corrected chi connectivity index (χ3v) is 12.8. The quantitative estimate of drug-likeness (QED) is 0.374. The number of hydrogen-bond donors (Lipinski definition) is 2. The van der Waals surface area contributed by atoms with Crippen molar-refractivity contribution in [1.82, 2.24) is 0 Å². The lowest BCUT2D eigenvalue weighted by Gasteiger charge is -2.69. The van der Waals surface area contributed by atoms with Crippen LogP contribution in [0.2, 0.25) is 0 Å². The largest absolute Gasteiger partial charge is 0.523 e. The summed E-state index contributed by atoms with van der Waals surface area (Å²) in [6.07, 6.45) is 8.40. The van der Waals surface area contributed by atoms with Crippen LogP contribution in [0, 0.1) is 56.8 Å². The normalized spacial score (nSPS) is 49.6. The lowest BCUT2D eigenvalue weighted by Crippen LogP contribution is -2.64. The lowest BCUT2D eigenvalue weighted by molar-refractivity contribution is -0.179. The Morgan fingerprint density at radius 3 is 2.28 bits per heavy atom. The van der Waals surface area contributed by atoms with Gasteiger partial charge in [0.05, 0.1) is 12.0 Å². The Kier molecular flexibility index (Phi) is 5.16. The van der Waals surface area contributed by atoms with Crippen LogP contribution >= 0.6 is 0 Å². The maximum Gasteiger partial charge on any atom is 0.309 e. The summed E-state index contributed by atoms with van der Waals surface area (Å²) in [4.78, 5) is 30.3. The van der Waals surface area contributed by atoms with Gasteiger partial charge in [-0.3, -0.25) is 9.59 Å². The van der Waals surface area contributed by atoms with Gasteiger partial charge in [0.1, 0.15) is 5.76 Å². The Morgan fingerprint density at radius 1 is 1.03 bits per heavy atom. The summed E-state index contributed by atoms with van der Waals surface area (Å²) in [5.41, 5.74) is -0.516. The molecule has 0 spiro atoms. The maximum atomic E-state index is 14.3. The highest BCUT2D eigenvalue weighted by Gasteiger charge is 2.69. The minimum absolute atomic E-state index is 0.00374. The molecule has 3 saturated carbocycles. The molecule has 0 aromatic rings. The van der Waals surface area contributed by atoms with Crippen molar-refractivity contribution in [3.8, 4) is 0 Å². The molecule has 0 saturated heterocycles. The van der Waals surface area contributed by atoms with Crippen LogP contribution in [0.1, 0.15) is 99.8 Å². The number of nitrogens with zero attached hydrogens (tertiary/aromatic N) is 1. The smallest absolute Gasteiger partial charge is 0.309 e. The first-order valence-electron chi connectivity index (χ1n) is 13.8. The molecule has 5 aliphatic rings. The third-order valence-electron chi connectivity index (χ3n) is 12.8. The summed E-state index contributed by atoms with van der Waals surface area (Å²) in [6, 6.07) is 0. The number of hydrogen-bond acceptors (Lipinski definition) is 3. The highest BCUT2D eigenvalue weighted by atomic mass is 16.4. The van der Waals surface area contributed by atoms with Gasteiger partial charge in [-0.1, -0.05) is 47.1 Å². The van der Waals surface area contributed by atoms with Crippen LogP contribution in [0.4, 0.5) is 0 Å². The Balaban J connectivity index is 1.66. The van der Waals surface area contributed by atoms with E-state index >= 15 is 0 Å². The fraction of sp³-hybridized carbons (Fsp3) is 0.774. The molecule has 8 atom stereocenters. The molecule has 2 N–H and O–H groups in total. The Bertz CT molecular complexity index is 1160. The summed E-state index contributed by atoms with van der Waals surface area (Å²) in [5, 5.41) is 21.1. The molecule has 0 radical (unpaired) electrons. The van der Waals surface area contributed by atoms with Crippen molar-refractivity contribution >= 4 is 11.8 Å². The number of aliphatic hydroxyl groups is 1. The van der Waals surface area contributed by atoms with Gasteiger partial charge in [0.2, 0.25) is 5.70 Å². The van der Waals surface area contributed by atoms with Crippen molar-refractivity contribution in [2.45, 2.75) is 99.8 Å². The molecule has 5 rings (SSSR count). The first kappa shape index (κ1) is 25.6. The number of aliphatic hydroxyl groups excluding tert-OH is 1. The van der Waals surface area contributed by atoms with Gasteiger partial charge in [-0.25, -0.2) is 4.85 Å². The van der Waals surface area contributed by atoms with E-state index in [-0.39, 0.29) is 51.0 Å². The average Bonchev–Trinajstić information content (AvgIpc) is 2.79. The molecular weight excluding hydrogens is 450 g/mol. The van der Waals surface area contributed by atoms with Gasteiger partial charge in [-0.2, -0.15) is 0 Å². The standard InChI is InChI=1S/C31H43NO4/c1-26(2)21-9-10-30(6)22(29(21,5)17-19(32-8)24(26)34)15-20(33)23-18-16-28(4,25(35)36)12-11-27(18,3)13-14-31(23,30)7/h15,18,21,23,34H,9-14,16-17H2,1-7H3,(H,35,36)/t18-,21-,23-,27+,28-,29-,30+,31+/m0/s1. The molecule has 0 aromatic carbocycles. The number of rotatable bonds is 1. The van der Waals surface area contributed by atoms with Gasteiger partial charge in [0.15, 0.2) is 5.78 Å². The van der Waals surface area contributed by atoms with E-state index in [1.54, 1.807) is 0 Å². The van der Waals surface area contributed by atoms with Crippen LogP contribution in [0.3, 0.4) is 0 Å². The van der Waals surface area contributed by atoms with Crippen molar-refractivity contribution in [2.75, 3.05) is 0 Å². The molecule has 0 aliphatic heterocycles. The van der Waals surface area contributed by atoms with E-state index in [2.05, 4.69) is 46.4 Å². The molecule has 5 nitrogen and oxygen atoms in total. The number of carboxylic acid groups (broad SMARTS) is 1. The number of allylic oxidation sites excluding steroid dienone is 4. The second-order valence-electron chi connectivity index (χ2n) is 14.8. The van der Waals surface area contributed by atoms with E-state index in [9.17, 15) is 19.8 Å². The second-order valence-corrected chi connectivity index (χ2v) is 14.8. The van der Waals surface area contributed by atoms with Crippen molar-refractivity contribution in [3.63, 3.8) is 0 Å². The number of carbonyl (C=O) groups excluding carboxylic acids is 1. The van der Waals surface area contributed by atoms with E-state index in [1.165, 1.54) is 5.57 Å². The van der Waals surface area contributed by atoms with Gasteiger partial charge in [0.25, 0.3) is 0 Å². The zero-order valence-corrected chi connectivity index (χ0v) is 23.1. The Hall–Kier alpha value is -2.09. The molecule has 3 fully saturated rings. The van der Waals surface area contributed by atoms with Crippen LogP contribution in [0.15, 0.2) is 23.1 Å². The first-order valence-corrected chi connectivity index (χ1v) is 13.8. The van der Waals surface area contributed by atoms with Gasteiger partial charge in [-0.15, -0.1) is 0 Å². The monoisotopic (exact) mass is 493 g/mol. The Labute approximate surface area is 216 Å². The molecule has 0 amide bonds. The second kappa shape index (κ2) is 7.27. The maximum absolute atomic E-state index is 14.3. The first-order chi connectivity index (χ1) is 16.5. The summed E-state index contributed by atoms with van der Waals surface area (Å²) in [6.45, 7) is 22.9. The van der Waals surface area contributed by atoms with Crippen LogP contribution in [-0.4, -0.2) is 22.0 Å². The minimum Gasteiger partial charge on any atom is -0.523 e. The fourth-order valence-electron chi connectivity index (χ4n) is 10.2. The predicted octanol–water partition coefficient (Wildman–Crippen LogP) is 7.35. The van der Waals surface area contributed by atoms with Crippen molar-refractivity contribution in [2.24, 2.45) is 50.2 Å². The van der Waals surface area contributed by atoms with Gasteiger partial charge in [-0.05, 0) is 97.9 Å². The van der Waals surface area contributed by atoms with Crippen molar-refractivity contribution in [3.05, 3.63) is 34.5 Å². The lowest BCUT2D eigenvalue weighted by atomic mass is 9.34. The zero-order chi connectivity index (χ0) is 26.7. The summed E-state index contributed by atoms with van der Waals surface area (Å²) in [7, 11) is 0. The van der Waals surface area contributed by atoms with E-state index in [4.69, 9.17) is 6.57 Å². The number of ketones is 1. The summed E-state index contributed by atoms with van der Waals surface area (Å²) in [5.74, 6) is -0.313. The molecule has 196 valence electrons. The van der Waals surface area contributed by atoms with E-state index in [0.717, 1.165) is 32.1 Å². The highest BCUT2D eigenvalue weighted by Crippen LogP contribution is 2.75. The van der Waals surface area contributed by atoms with Crippen LogP contribution in [0.5, 0.6) is 0 Å². The van der Waals surface area contributed by atoms with Gasteiger partial charge >= 0.3 is 5.97 Å². The van der Waals surface area contributed by atoms with Crippen LogP contribution in [-0.2, 0) is 9.59 Å². The molecule has 36 heavy (non-hydrogen) atoms. The van der Waals surface area contributed by atoms with Gasteiger partial charge in [0, 0.05) is 11.3 Å². The number of carbonyl (C=O) groups is 2. The van der Waals surface area contributed by atoms with E-state index < -0.39 is 16.8 Å². The van der Waals surface area contributed by atoms with Crippen molar-refractivity contribution < 1.29 is 19.8 Å². The average molecular weight is 494 g/mol. The van der Waals surface area contributed by atoms with Crippen LogP contribution in [0.25, 0.3) is 4.85 Å². The molecule has 0 bridgehead atoms. The Morgan fingerprint density at radius 2 is 1.67 bits per heavy atom. The number of carboxylic acids is 1. The van der Waals surface area contributed by atoms with E-state index in [0.29, 0.717) is 25.0 Å². The van der Waals surface area contributed by atoms with Crippen molar-refractivity contribution in [1.29, 1.82) is 0 Å². The summed E-state index contributed by atoms with van der Waals surface area (Å²) < 4.78 is 0. The fourth-order valence-corrected chi connectivity index (χ4v) is 10.2. The number of fused-ring (bicyclic) bond motifs is 7. The highest BCUT2D eigenvalue weighted by molar-refractivity contribution is 5.95. The topological polar surface area (TPSA) is 79.0 Å². The van der Waals surface area contributed by atoms with Gasteiger partial charge < -0.3 is 10.2 Å². The van der Waals surface area contributed by atoms with Crippen LogP contribution < -0.4 is 0 Å². The molecule has 5 heteroatoms. The molecule has 0 heterocycles. The molecule has 0 unspecified atom stereocenters. The minimum atomic E-state index is -0.780. The molecule has 5 aliphatic carbocycles. The molecular formula is C31H43NO4. The molecule has 0 aromatic heterocycles. The SMILES string of the molecule is [C-]#[N+]C1=C(O)C(C)(C)[C@@H]2CC[C@]3(C)C(=CC(=O)[C@@H]4[C@@H]5C[C@@](C)(C(=O)O)CC[C@]5(C)CC[C@]43C)[C@@]2(C)C1. The predicted molar refractivity (Wildman–Crippen MR) is 139 cm³/mol. The third kappa shape index (κ3) is 2.88. The van der Waals surface area contributed by atoms with E-state index in [1.807, 2.05) is 13.0 Å². The number of aliphatic carboxylic acids is 1.